The minimum absolute atomic E-state index is 0.557. The second kappa shape index (κ2) is 8.11. The lowest BCUT2D eigenvalue weighted by Crippen LogP contribution is -2.47. The molecule has 1 aromatic heterocycles. The molecule has 0 aliphatic carbocycles. The van der Waals surface area contributed by atoms with Crippen molar-refractivity contribution in [1.29, 1.82) is 5.26 Å². The zero-order chi connectivity index (χ0) is 15.9. The molecule has 0 spiro atoms. The van der Waals surface area contributed by atoms with Crippen LogP contribution in [0.3, 0.4) is 0 Å². The van der Waals surface area contributed by atoms with E-state index >= 15 is 0 Å². The number of nitrogens with one attached hydrogen (secondary N) is 1. The van der Waals surface area contributed by atoms with Crippen molar-refractivity contribution in [3.8, 4) is 6.07 Å². The largest absolute Gasteiger partial charge is 0.370 e. The first-order chi connectivity index (χ1) is 10.6. The number of hydrogen-bond donors (Lipinski definition) is 1. The van der Waals surface area contributed by atoms with Gasteiger partial charge in [0.2, 0.25) is 0 Å². The summed E-state index contributed by atoms with van der Waals surface area (Å²) in [5, 5.41) is 12.4. The zero-order valence-corrected chi connectivity index (χ0v) is 14.0. The van der Waals surface area contributed by atoms with E-state index in [-0.39, 0.29) is 0 Å². The van der Waals surface area contributed by atoms with Crippen molar-refractivity contribution in [2.75, 3.05) is 51.1 Å². The van der Waals surface area contributed by atoms with Gasteiger partial charge in [-0.3, -0.25) is 0 Å². The summed E-state index contributed by atoms with van der Waals surface area (Å²) >= 11 is 0. The van der Waals surface area contributed by atoms with Crippen LogP contribution >= 0.6 is 0 Å². The predicted octanol–water partition coefficient (Wildman–Crippen LogP) is 1.95. The van der Waals surface area contributed by atoms with Crippen LogP contribution in [-0.2, 0) is 0 Å². The van der Waals surface area contributed by atoms with Crippen LogP contribution in [-0.4, -0.2) is 60.6 Å². The summed E-state index contributed by atoms with van der Waals surface area (Å²) < 4.78 is 0. The van der Waals surface area contributed by atoms with Gasteiger partial charge in [-0.05, 0) is 31.5 Å². The summed E-state index contributed by atoms with van der Waals surface area (Å²) in [6, 6.07) is 5.80. The molecule has 5 nitrogen and oxygen atoms in total. The summed E-state index contributed by atoms with van der Waals surface area (Å²) in [6.45, 7) is 14.3. The molecule has 0 unspecified atom stereocenters. The van der Waals surface area contributed by atoms with E-state index in [0.29, 0.717) is 11.5 Å². The third kappa shape index (κ3) is 4.97. The van der Waals surface area contributed by atoms with E-state index in [1.54, 1.807) is 0 Å². The standard InChI is InChI=1S/C17H27N5/c1-4-21-5-7-22(8-6-21)13-14(2)12-19-17-10-16(11-18)9-15(3)20-17/h9-10,14H,4-8,12-13H2,1-3H3,(H,19,20)/t14-/m1/s1. The molecule has 2 rings (SSSR count). The molecule has 0 aromatic carbocycles. The maximum absolute atomic E-state index is 9.01. The fourth-order valence-electron chi connectivity index (χ4n) is 2.90. The Morgan fingerprint density at radius 1 is 1.27 bits per heavy atom. The van der Waals surface area contributed by atoms with Crippen molar-refractivity contribution >= 4 is 5.82 Å². The van der Waals surface area contributed by atoms with Gasteiger partial charge in [0.05, 0.1) is 11.6 Å². The summed E-state index contributed by atoms with van der Waals surface area (Å²) in [5.41, 5.74) is 1.54. The normalized spacial score (nSPS) is 17.9. The van der Waals surface area contributed by atoms with E-state index in [2.05, 4.69) is 40.0 Å². The lowest BCUT2D eigenvalue weighted by molar-refractivity contribution is 0.126. The highest BCUT2D eigenvalue weighted by atomic mass is 15.3. The molecule has 1 atom stereocenters. The van der Waals surface area contributed by atoms with E-state index in [0.717, 1.165) is 31.1 Å². The van der Waals surface area contributed by atoms with Crippen LogP contribution in [0.1, 0.15) is 25.1 Å². The van der Waals surface area contributed by atoms with Crippen molar-refractivity contribution in [3.63, 3.8) is 0 Å². The third-order valence-electron chi connectivity index (χ3n) is 4.20. The predicted molar refractivity (Wildman–Crippen MR) is 89.9 cm³/mol. The third-order valence-corrected chi connectivity index (χ3v) is 4.20. The highest BCUT2D eigenvalue weighted by Gasteiger charge is 2.17. The van der Waals surface area contributed by atoms with Crippen molar-refractivity contribution in [2.45, 2.75) is 20.8 Å². The number of piperazine rings is 1. The van der Waals surface area contributed by atoms with E-state index in [9.17, 15) is 0 Å². The minimum Gasteiger partial charge on any atom is -0.370 e. The molecule has 0 saturated carbocycles. The Labute approximate surface area is 133 Å². The van der Waals surface area contributed by atoms with Gasteiger partial charge in [-0.2, -0.15) is 5.26 Å². The van der Waals surface area contributed by atoms with Crippen LogP contribution in [0.5, 0.6) is 0 Å². The molecular weight excluding hydrogens is 274 g/mol. The minimum atomic E-state index is 0.557. The van der Waals surface area contributed by atoms with Gasteiger partial charge < -0.3 is 15.1 Å². The lowest BCUT2D eigenvalue weighted by Gasteiger charge is -2.35. The van der Waals surface area contributed by atoms with Gasteiger partial charge in [0.1, 0.15) is 5.82 Å². The van der Waals surface area contributed by atoms with Crippen LogP contribution in [0, 0.1) is 24.2 Å². The van der Waals surface area contributed by atoms with Crippen molar-refractivity contribution in [1.82, 2.24) is 14.8 Å². The molecule has 0 bridgehead atoms. The first-order valence-electron chi connectivity index (χ1n) is 8.18. The van der Waals surface area contributed by atoms with Crippen LogP contribution in [0.4, 0.5) is 5.82 Å². The molecule has 1 aromatic rings. The lowest BCUT2D eigenvalue weighted by atomic mass is 10.1. The Bertz CT molecular complexity index is 514. The summed E-state index contributed by atoms with van der Waals surface area (Å²) in [6.07, 6.45) is 0. The molecule has 1 aliphatic heterocycles. The fourth-order valence-corrected chi connectivity index (χ4v) is 2.90. The number of nitrogens with zero attached hydrogens (tertiary/aromatic N) is 4. The summed E-state index contributed by atoms with van der Waals surface area (Å²) in [7, 11) is 0. The molecule has 2 heterocycles. The zero-order valence-electron chi connectivity index (χ0n) is 14.0. The maximum atomic E-state index is 9.01. The number of aromatic nitrogens is 1. The number of anilines is 1. The van der Waals surface area contributed by atoms with Gasteiger partial charge in [-0.15, -0.1) is 0 Å². The molecule has 5 heteroatoms. The van der Waals surface area contributed by atoms with Crippen LogP contribution in [0.2, 0.25) is 0 Å². The van der Waals surface area contributed by atoms with Gasteiger partial charge in [-0.1, -0.05) is 13.8 Å². The quantitative estimate of drug-likeness (QED) is 0.870. The SMILES string of the molecule is CCN1CCN(C[C@H](C)CNc2cc(C#N)cc(C)n2)CC1. The molecule has 22 heavy (non-hydrogen) atoms. The van der Waals surface area contributed by atoms with E-state index in [4.69, 9.17) is 5.26 Å². The second-order valence-electron chi connectivity index (χ2n) is 6.22. The number of hydrogen-bond acceptors (Lipinski definition) is 5. The summed E-state index contributed by atoms with van der Waals surface area (Å²) in [5.74, 6) is 1.36. The summed E-state index contributed by atoms with van der Waals surface area (Å²) in [4.78, 5) is 9.48. The Balaban J connectivity index is 1.77. The average Bonchev–Trinajstić information content (AvgIpc) is 2.53. The number of likely N-dealkylation sites (N-methyl/N-ethyl adjacent to an activating group) is 1. The van der Waals surface area contributed by atoms with E-state index < -0.39 is 0 Å². The Hall–Kier alpha value is -1.64. The van der Waals surface area contributed by atoms with Crippen molar-refractivity contribution in [3.05, 3.63) is 23.4 Å². The first kappa shape index (κ1) is 16.7. The van der Waals surface area contributed by atoms with Crippen molar-refractivity contribution < 1.29 is 0 Å². The van der Waals surface area contributed by atoms with Gasteiger partial charge in [-0.25, -0.2) is 4.98 Å². The van der Waals surface area contributed by atoms with Gasteiger partial charge in [0.25, 0.3) is 0 Å². The van der Waals surface area contributed by atoms with Gasteiger partial charge in [0, 0.05) is 45.0 Å². The highest BCUT2D eigenvalue weighted by molar-refractivity contribution is 5.44. The molecule has 0 radical (unpaired) electrons. The average molecular weight is 301 g/mol. The topological polar surface area (TPSA) is 55.2 Å². The highest BCUT2D eigenvalue weighted by Crippen LogP contribution is 2.11. The van der Waals surface area contributed by atoms with Crippen molar-refractivity contribution in [2.24, 2.45) is 5.92 Å². The monoisotopic (exact) mass is 301 g/mol. The van der Waals surface area contributed by atoms with Gasteiger partial charge in [0.15, 0.2) is 0 Å². The first-order valence-corrected chi connectivity index (χ1v) is 8.18. The number of aryl methyl sites for hydroxylation is 1. The molecule has 120 valence electrons. The van der Waals surface area contributed by atoms with Gasteiger partial charge >= 0.3 is 0 Å². The Morgan fingerprint density at radius 2 is 1.95 bits per heavy atom. The van der Waals surface area contributed by atoms with E-state index in [1.807, 2.05) is 19.1 Å². The van der Waals surface area contributed by atoms with Crippen LogP contribution in [0.25, 0.3) is 0 Å². The van der Waals surface area contributed by atoms with Crippen LogP contribution < -0.4 is 5.32 Å². The number of nitriles is 1. The number of pyridine rings is 1. The molecular formula is C17H27N5. The molecule has 1 fully saturated rings. The smallest absolute Gasteiger partial charge is 0.127 e. The molecule has 1 N–H and O–H groups in total. The second-order valence-corrected chi connectivity index (χ2v) is 6.22. The molecule has 1 saturated heterocycles. The maximum Gasteiger partial charge on any atom is 0.127 e. The molecule has 1 aliphatic rings. The van der Waals surface area contributed by atoms with Crippen LogP contribution in [0.15, 0.2) is 12.1 Å². The number of rotatable bonds is 6. The Morgan fingerprint density at radius 3 is 2.59 bits per heavy atom. The Kier molecular flexibility index (Phi) is 6.17. The fraction of sp³-hybridized carbons (Fsp3) is 0.647. The molecule has 0 amide bonds. The van der Waals surface area contributed by atoms with E-state index in [1.165, 1.54) is 26.2 Å².